The summed E-state index contributed by atoms with van der Waals surface area (Å²) in [5.74, 6) is 1.40. The number of ether oxygens (including phenoxy) is 1. The Balaban J connectivity index is 1.71. The summed E-state index contributed by atoms with van der Waals surface area (Å²) in [5.41, 5.74) is 0.585. The molecule has 0 saturated carbocycles. The van der Waals surface area contributed by atoms with Crippen LogP contribution in [-0.2, 0) is 4.74 Å². The second kappa shape index (κ2) is 8.13. The Labute approximate surface area is 147 Å². The van der Waals surface area contributed by atoms with Gasteiger partial charge >= 0.3 is 0 Å². The average Bonchev–Trinajstić information content (AvgIpc) is 3.16. The van der Waals surface area contributed by atoms with Crippen LogP contribution in [0.15, 0.2) is 41.1 Å². The third-order valence-corrected chi connectivity index (χ3v) is 4.29. The number of anilines is 1. The minimum atomic E-state index is -0.131. The van der Waals surface area contributed by atoms with Crippen molar-refractivity contribution in [2.45, 2.75) is 6.04 Å². The van der Waals surface area contributed by atoms with Crippen molar-refractivity contribution in [1.82, 2.24) is 15.2 Å². The number of rotatable bonds is 6. The van der Waals surface area contributed by atoms with E-state index >= 15 is 0 Å². The number of nitrogens with zero attached hydrogens (tertiary/aromatic N) is 3. The molecule has 2 aromatic rings. The number of morpholine rings is 1. The maximum absolute atomic E-state index is 12.7. The summed E-state index contributed by atoms with van der Waals surface area (Å²) < 4.78 is 10.9. The molecule has 1 amide bonds. The summed E-state index contributed by atoms with van der Waals surface area (Å²) in [5, 5.41) is 3.01. The molecule has 0 bridgehead atoms. The van der Waals surface area contributed by atoms with Crippen LogP contribution in [0, 0.1) is 0 Å². The number of amides is 1. The number of pyridine rings is 1. The van der Waals surface area contributed by atoms with Crippen molar-refractivity contribution >= 4 is 11.7 Å². The van der Waals surface area contributed by atoms with Gasteiger partial charge < -0.3 is 19.4 Å². The number of carbonyl (C=O) groups is 1. The number of nitrogens with one attached hydrogen (secondary N) is 1. The van der Waals surface area contributed by atoms with Gasteiger partial charge in [-0.05, 0) is 38.4 Å². The summed E-state index contributed by atoms with van der Waals surface area (Å²) in [6.07, 6.45) is 3.36. The lowest BCUT2D eigenvalue weighted by molar-refractivity contribution is 0.0937. The first-order valence-electron chi connectivity index (χ1n) is 8.42. The van der Waals surface area contributed by atoms with Crippen LogP contribution in [0.2, 0.25) is 0 Å². The van der Waals surface area contributed by atoms with Crippen LogP contribution in [0.3, 0.4) is 0 Å². The van der Waals surface area contributed by atoms with Crippen molar-refractivity contribution in [2.24, 2.45) is 0 Å². The minimum absolute atomic E-state index is 0.0255. The molecule has 0 aromatic carbocycles. The molecule has 7 nitrogen and oxygen atoms in total. The van der Waals surface area contributed by atoms with Crippen LogP contribution >= 0.6 is 0 Å². The number of hydrogen-bond donors (Lipinski definition) is 1. The summed E-state index contributed by atoms with van der Waals surface area (Å²) >= 11 is 0. The highest BCUT2D eigenvalue weighted by atomic mass is 16.5. The van der Waals surface area contributed by atoms with Crippen LogP contribution < -0.4 is 10.2 Å². The van der Waals surface area contributed by atoms with E-state index in [-0.39, 0.29) is 11.9 Å². The highest BCUT2D eigenvalue weighted by Crippen LogP contribution is 2.20. The lowest BCUT2D eigenvalue weighted by Crippen LogP contribution is -2.39. The first-order chi connectivity index (χ1) is 12.2. The highest BCUT2D eigenvalue weighted by molar-refractivity contribution is 5.98. The van der Waals surface area contributed by atoms with Crippen molar-refractivity contribution < 1.29 is 13.9 Å². The summed E-state index contributed by atoms with van der Waals surface area (Å²) in [7, 11) is 3.92. The van der Waals surface area contributed by atoms with Crippen molar-refractivity contribution in [3.8, 4) is 0 Å². The van der Waals surface area contributed by atoms with Crippen LogP contribution in [-0.4, -0.2) is 62.7 Å². The van der Waals surface area contributed by atoms with Crippen molar-refractivity contribution in [1.29, 1.82) is 0 Å². The zero-order chi connectivity index (χ0) is 17.6. The van der Waals surface area contributed by atoms with Gasteiger partial charge in [-0.1, -0.05) is 0 Å². The van der Waals surface area contributed by atoms with Crippen LogP contribution in [0.5, 0.6) is 0 Å². The second-order valence-electron chi connectivity index (χ2n) is 6.18. The maximum Gasteiger partial charge on any atom is 0.255 e. The van der Waals surface area contributed by atoms with E-state index in [0.29, 0.717) is 31.1 Å². The Hall–Kier alpha value is -2.38. The minimum Gasteiger partial charge on any atom is -0.468 e. The lowest BCUT2D eigenvalue weighted by Gasteiger charge is -2.29. The molecule has 3 rings (SSSR count). The molecule has 1 atom stereocenters. The number of hydrogen-bond acceptors (Lipinski definition) is 6. The lowest BCUT2D eigenvalue weighted by atomic mass is 10.1. The fourth-order valence-corrected chi connectivity index (χ4v) is 2.90. The molecule has 7 heteroatoms. The third kappa shape index (κ3) is 4.18. The number of carbonyl (C=O) groups excluding carboxylic acids is 1. The Bertz CT molecular complexity index is 681. The number of aromatic nitrogens is 1. The molecule has 3 heterocycles. The molecule has 1 N–H and O–H groups in total. The van der Waals surface area contributed by atoms with E-state index in [0.717, 1.165) is 18.8 Å². The van der Waals surface area contributed by atoms with E-state index in [1.165, 1.54) is 0 Å². The van der Waals surface area contributed by atoms with Gasteiger partial charge in [-0.3, -0.25) is 9.69 Å². The Kier molecular flexibility index (Phi) is 5.67. The molecule has 0 radical (unpaired) electrons. The first kappa shape index (κ1) is 17.4. The molecule has 134 valence electrons. The SMILES string of the molecule is CN(C)C(CNC(=O)c1cccnc1N1CCOCC1)c1ccco1. The van der Waals surface area contributed by atoms with Crippen LogP contribution in [0.4, 0.5) is 5.82 Å². The van der Waals surface area contributed by atoms with Crippen molar-refractivity contribution in [2.75, 3.05) is 51.8 Å². The number of furan rings is 1. The predicted molar refractivity (Wildman–Crippen MR) is 94.7 cm³/mol. The quantitative estimate of drug-likeness (QED) is 0.857. The van der Waals surface area contributed by atoms with Crippen LogP contribution in [0.25, 0.3) is 0 Å². The molecule has 1 aliphatic rings. The fraction of sp³-hybridized carbons (Fsp3) is 0.444. The van der Waals surface area contributed by atoms with Gasteiger partial charge in [0, 0.05) is 25.8 Å². The van der Waals surface area contributed by atoms with Gasteiger partial charge in [0.2, 0.25) is 0 Å². The van der Waals surface area contributed by atoms with Gasteiger partial charge in [0.15, 0.2) is 0 Å². The topological polar surface area (TPSA) is 70.8 Å². The standard InChI is InChI=1S/C18H24N4O3/c1-21(2)15(16-6-4-10-25-16)13-20-18(23)14-5-3-7-19-17(14)22-8-11-24-12-9-22/h3-7,10,15H,8-9,11-13H2,1-2H3,(H,20,23). The Morgan fingerprint density at radius 1 is 1.32 bits per heavy atom. The molecule has 2 aromatic heterocycles. The molecule has 1 aliphatic heterocycles. The van der Waals surface area contributed by atoms with E-state index < -0.39 is 0 Å². The van der Waals surface area contributed by atoms with Crippen LogP contribution in [0.1, 0.15) is 22.2 Å². The maximum atomic E-state index is 12.7. The molecule has 1 saturated heterocycles. The van der Waals surface area contributed by atoms with Crippen molar-refractivity contribution in [3.05, 3.63) is 48.0 Å². The van der Waals surface area contributed by atoms with Gasteiger partial charge in [-0.15, -0.1) is 0 Å². The Morgan fingerprint density at radius 3 is 2.80 bits per heavy atom. The molecule has 0 aliphatic carbocycles. The fourth-order valence-electron chi connectivity index (χ4n) is 2.90. The molecule has 0 spiro atoms. The molecule has 1 unspecified atom stereocenters. The van der Waals surface area contributed by atoms with Gasteiger partial charge in [0.1, 0.15) is 11.6 Å². The largest absolute Gasteiger partial charge is 0.468 e. The summed E-state index contributed by atoms with van der Waals surface area (Å²) in [4.78, 5) is 21.3. The third-order valence-electron chi connectivity index (χ3n) is 4.29. The van der Waals surface area contributed by atoms with E-state index in [1.807, 2.05) is 37.2 Å². The number of likely N-dealkylation sites (N-methyl/N-ethyl adjacent to an activating group) is 1. The highest BCUT2D eigenvalue weighted by Gasteiger charge is 2.22. The zero-order valence-electron chi connectivity index (χ0n) is 14.6. The zero-order valence-corrected chi connectivity index (χ0v) is 14.6. The van der Waals surface area contributed by atoms with Gasteiger partial charge in [0.25, 0.3) is 5.91 Å². The van der Waals surface area contributed by atoms with Crippen molar-refractivity contribution in [3.63, 3.8) is 0 Å². The molecule has 25 heavy (non-hydrogen) atoms. The predicted octanol–water partition coefficient (Wildman–Crippen LogP) is 1.54. The van der Waals surface area contributed by atoms with Gasteiger partial charge in [-0.2, -0.15) is 0 Å². The van der Waals surface area contributed by atoms with Gasteiger partial charge in [0.05, 0.1) is 31.1 Å². The average molecular weight is 344 g/mol. The summed E-state index contributed by atoms with van der Waals surface area (Å²) in [6.45, 7) is 3.24. The molecule has 1 fully saturated rings. The van der Waals surface area contributed by atoms with Gasteiger partial charge in [-0.25, -0.2) is 4.98 Å². The van der Waals surface area contributed by atoms with E-state index in [2.05, 4.69) is 15.2 Å². The molecular weight excluding hydrogens is 320 g/mol. The summed E-state index contributed by atoms with van der Waals surface area (Å²) in [6, 6.07) is 7.34. The van der Waals surface area contributed by atoms with E-state index in [1.54, 1.807) is 18.5 Å². The smallest absolute Gasteiger partial charge is 0.255 e. The monoisotopic (exact) mass is 344 g/mol. The first-order valence-corrected chi connectivity index (χ1v) is 8.42. The Morgan fingerprint density at radius 2 is 2.12 bits per heavy atom. The second-order valence-corrected chi connectivity index (χ2v) is 6.18. The normalized spacial score (nSPS) is 16.0. The van der Waals surface area contributed by atoms with E-state index in [9.17, 15) is 4.79 Å². The molecular formula is C18H24N4O3. The van der Waals surface area contributed by atoms with E-state index in [4.69, 9.17) is 9.15 Å².